The summed E-state index contributed by atoms with van der Waals surface area (Å²) in [5.41, 5.74) is 7.19. The van der Waals surface area contributed by atoms with Crippen molar-refractivity contribution >= 4 is 51.9 Å². The van der Waals surface area contributed by atoms with Crippen molar-refractivity contribution in [3.05, 3.63) is 15.1 Å². The van der Waals surface area contributed by atoms with E-state index in [2.05, 4.69) is 48.3 Å². The highest BCUT2D eigenvalue weighted by molar-refractivity contribution is 14.1. The minimum atomic E-state index is 0.379. The summed E-state index contributed by atoms with van der Waals surface area (Å²) in [6, 6.07) is 0. The zero-order valence-corrected chi connectivity index (χ0v) is 15.3. The lowest BCUT2D eigenvalue weighted by Gasteiger charge is -2.27. The average Bonchev–Trinajstić information content (AvgIpc) is 2.35. The van der Waals surface area contributed by atoms with Gasteiger partial charge in [0.25, 0.3) is 0 Å². The number of thioether (sulfide) groups is 2. The van der Waals surface area contributed by atoms with Crippen LogP contribution in [0.2, 0.25) is 0 Å². The summed E-state index contributed by atoms with van der Waals surface area (Å²) < 4.78 is 1.02. The SMILES string of the molecule is CC(C)Cc1nc(C2SCCSC2C)nc(N)c1I. The van der Waals surface area contributed by atoms with Crippen molar-refractivity contribution in [1.29, 1.82) is 0 Å². The van der Waals surface area contributed by atoms with E-state index in [1.54, 1.807) is 0 Å². The van der Waals surface area contributed by atoms with Crippen LogP contribution in [-0.2, 0) is 6.42 Å². The number of hydrogen-bond acceptors (Lipinski definition) is 5. The van der Waals surface area contributed by atoms with Crippen LogP contribution in [0.4, 0.5) is 5.82 Å². The second-order valence-corrected chi connectivity index (χ2v) is 9.01. The van der Waals surface area contributed by atoms with Gasteiger partial charge in [-0.05, 0) is 34.9 Å². The Hall–Kier alpha value is 0.310. The van der Waals surface area contributed by atoms with Crippen LogP contribution in [-0.4, -0.2) is 26.7 Å². The van der Waals surface area contributed by atoms with E-state index in [0.717, 1.165) is 21.5 Å². The van der Waals surface area contributed by atoms with Gasteiger partial charge in [-0.3, -0.25) is 0 Å². The molecule has 1 aliphatic heterocycles. The number of hydrogen-bond donors (Lipinski definition) is 1. The summed E-state index contributed by atoms with van der Waals surface area (Å²) in [6.07, 6.45) is 0.969. The van der Waals surface area contributed by atoms with E-state index in [1.165, 1.54) is 11.5 Å². The Labute approximate surface area is 137 Å². The van der Waals surface area contributed by atoms with Gasteiger partial charge < -0.3 is 5.73 Å². The third kappa shape index (κ3) is 3.91. The fourth-order valence-corrected chi connectivity index (χ4v) is 5.25. The molecule has 2 rings (SSSR count). The van der Waals surface area contributed by atoms with Gasteiger partial charge in [0.2, 0.25) is 0 Å². The number of halogens is 1. The Kier molecular flexibility index (Phi) is 5.65. The molecule has 0 radical (unpaired) electrons. The molecule has 0 spiro atoms. The molecule has 0 amide bonds. The highest BCUT2D eigenvalue weighted by Crippen LogP contribution is 2.41. The highest BCUT2D eigenvalue weighted by atomic mass is 127. The van der Waals surface area contributed by atoms with Gasteiger partial charge in [-0.1, -0.05) is 20.8 Å². The molecule has 1 aromatic rings. The molecule has 2 heterocycles. The van der Waals surface area contributed by atoms with Crippen molar-refractivity contribution in [2.45, 2.75) is 37.7 Å². The number of nitrogens with zero attached hydrogens (tertiary/aromatic N) is 2. The Balaban J connectivity index is 2.32. The van der Waals surface area contributed by atoms with Crippen molar-refractivity contribution in [2.24, 2.45) is 5.92 Å². The maximum absolute atomic E-state index is 6.07. The number of nitrogen functional groups attached to an aromatic ring is 1. The van der Waals surface area contributed by atoms with E-state index in [4.69, 9.17) is 10.7 Å². The first-order chi connectivity index (χ1) is 8.99. The smallest absolute Gasteiger partial charge is 0.145 e. The minimum absolute atomic E-state index is 0.379. The topological polar surface area (TPSA) is 51.8 Å². The van der Waals surface area contributed by atoms with E-state index in [1.807, 2.05) is 23.5 Å². The number of anilines is 1. The molecule has 2 N–H and O–H groups in total. The molecule has 106 valence electrons. The fourth-order valence-electron chi connectivity index (χ4n) is 2.10. The van der Waals surface area contributed by atoms with Gasteiger partial charge in [-0.15, -0.1) is 11.8 Å². The molecule has 0 aromatic carbocycles. The van der Waals surface area contributed by atoms with E-state index in [9.17, 15) is 0 Å². The molecule has 0 bridgehead atoms. The second kappa shape index (κ2) is 6.85. The summed E-state index contributed by atoms with van der Waals surface area (Å²) in [6.45, 7) is 6.69. The van der Waals surface area contributed by atoms with Gasteiger partial charge in [0.1, 0.15) is 11.6 Å². The van der Waals surface area contributed by atoms with Crippen molar-refractivity contribution in [1.82, 2.24) is 9.97 Å². The molecule has 0 aliphatic carbocycles. The highest BCUT2D eigenvalue weighted by Gasteiger charge is 2.27. The monoisotopic (exact) mass is 409 g/mol. The number of rotatable bonds is 3. The molecule has 1 aromatic heterocycles. The van der Waals surface area contributed by atoms with Crippen molar-refractivity contribution in [3.63, 3.8) is 0 Å². The molecule has 1 fully saturated rings. The lowest BCUT2D eigenvalue weighted by molar-refractivity contribution is 0.626. The van der Waals surface area contributed by atoms with Gasteiger partial charge in [-0.2, -0.15) is 11.8 Å². The third-order valence-electron chi connectivity index (χ3n) is 3.01. The molecular formula is C13H20IN3S2. The molecule has 2 atom stereocenters. The third-order valence-corrected chi connectivity index (χ3v) is 7.27. The first-order valence-corrected chi connectivity index (χ1v) is 9.71. The van der Waals surface area contributed by atoms with Gasteiger partial charge in [-0.25, -0.2) is 9.97 Å². The summed E-state index contributed by atoms with van der Waals surface area (Å²) in [4.78, 5) is 9.35. The second-order valence-electron chi connectivity index (χ2n) is 5.19. The normalized spacial score (nSPS) is 23.8. The van der Waals surface area contributed by atoms with Crippen molar-refractivity contribution < 1.29 is 0 Å². The van der Waals surface area contributed by atoms with Crippen LogP contribution in [0.5, 0.6) is 0 Å². The summed E-state index contributed by atoms with van der Waals surface area (Å²) in [5, 5.41) is 0.939. The van der Waals surface area contributed by atoms with E-state index in [-0.39, 0.29) is 0 Å². The van der Waals surface area contributed by atoms with E-state index >= 15 is 0 Å². The molecule has 6 heteroatoms. The maximum Gasteiger partial charge on any atom is 0.145 e. The van der Waals surface area contributed by atoms with Crippen LogP contribution in [0, 0.1) is 9.49 Å². The first-order valence-electron chi connectivity index (χ1n) is 6.54. The molecule has 2 unspecified atom stereocenters. The largest absolute Gasteiger partial charge is 0.383 e. The number of nitrogens with two attached hydrogens (primary N) is 1. The van der Waals surface area contributed by atoms with Crippen LogP contribution >= 0.6 is 46.1 Å². The zero-order valence-electron chi connectivity index (χ0n) is 11.5. The Morgan fingerprint density at radius 2 is 2.00 bits per heavy atom. The minimum Gasteiger partial charge on any atom is -0.383 e. The Bertz CT molecular complexity index is 454. The van der Waals surface area contributed by atoms with Crippen LogP contribution in [0.3, 0.4) is 0 Å². The molecule has 19 heavy (non-hydrogen) atoms. The average molecular weight is 409 g/mol. The lowest BCUT2D eigenvalue weighted by Crippen LogP contribution is -2.20. The van der Waals surface area contributed by atoms with Crippen molar-refractivity contribution in [3.8, 4) is 0 Å². The molecule has 1 aliphatic rings. The quantitative estimate of drug-likeness (QED) is 0.771. The van der Waals surface area contributed by atoms with Gasteiger partial charge in [0, 0.05) is 16.8 Å². The van der Waals surface area contributed by atoms with Crippen LogP contribution in [0.15, 0.2) is 0 Å². The molecule has 3 nitrogen and oxygen atoms in total. The van der Waals surface area contributed by atoms with Crippen LogP contribution in [0.1, 0.15) is 37.5 Å². The standard InChI is InChI=1S/C13H20IN3S2/c1-7(2)6-9-10(14)12(15)17-13(16-9)11-8(3)18-4-5-19-11/h7-8,11H,4-6H2,1-3H3,(H2,15,16,17). The van der Waals surface area contributed by atoms with Crippen LogP contribution in [0.25, 0.3) is 0 Å². The van der Waals surface area contributed by atoms with E-state index in [0.29, 0.717) is 22.2 Å². The van der Waals surface area contributed by atoms with Gasteiger partial charge in [0.15, 0.2) is 0 Å². The molecule has 0 saturated carbocycles. The predicted molar refractivity (Wildman–Crippen MR) is 94.8 cm³/mol. The fraction of sp³-hybridized carbons (Fsp3) is 0.692. The summed E-state index contributed by atoms with van der Waals surface area (Å²) in [5.74, 6) is 4.56. The maximum atomic E-state index is 6.07. The first kappa shape index (κ1) is 15.7. The molecular weight excluding hydrogens is 389 g/mol. The van der Waals surface area contributed by atoms with Gasteiger partial charge >= 0.3 is 0 Å². The van der Waals surface area contributed by atoms with Gasteiger partial charge in [0.05, 0.1) is 14.5 Å². The lowest BCUT2D eigenvalue weighted by atomic mass is 10.1. The van der Waals surface area contributed by atoms with E-state index < -0.39 is 0 Å². The Morgan fingerprint density at radius 1 is 1.32 bits per heavy atom. The zero-order chi connectivity index (χ0) is 14.0. The van der Waals surface area contributed by atoms with Crippen molar-refractivity contribution in [2.75, 3.05) is 17.2 Å². The Morgan fingerprint density at radius 3 is 2.63 bits per heavy atom. The summed E-state index contributed by atoms with van der Waals surface area (Å²) >= 11 is 6.24. The summed E-state index contributed by atoms with van der Waals surface area (Å²) in [7, 11) is 0. The predicted octanol–water partition coefficient (Wildman–Crippen LogP) is 3.77. The number of aromatic nitrogens is 2. The van der Waals surface area contributed by atoms with Crippen LogP contribution < -0.4 is 5.73 Å². The molecule has 1 saturated heterocycles.